The van der Waals surface area contributed by atoms with E-state index in [0.29, 0.717) is 0 Å². The molecule has 0 saturated carbocycles. The first-order chi connectivity index (χ1) is 7.11. The maximum atomic E-state index is 3.52. The predicted molar refractivity (Wildman–Crippen MR) is 69.1 cm³/mol. The second kappa shape index (κ2) is 6.26. The minimum atomic E-state index is 1.00. The lowest BCUT2D eigenvalue weighted by atomic mass is 10.1. The van der Waals surface area contributed by atoms with Crippen molar-refractivity contribution in [3.63, 3.8) is 0 Å². The van der Waals surface area contributed by atoms with E-state index in [1.54, 1.807) is 0 Å². The minimum Gasteiger partial charge on any atom is -0.318 e. The predicted octanol–water partition coefficient (Wildman–Crippen LogP) is 2.41. The van der Waals surface area contributed by atoms with Gasteiger partial charge in [0.05, 0.1) is 0 Å². The first kappa shape index (κ1) is 12.7. The van der Waals surface area contributed by atoms with Gasteiger partial charge < -0.3 is 10.2 Å². The van der Waals surface area contributed by atoms with Gasteiger partial charge in [0.15, 0.2) is 0 Å². The van der Waals surface area contributed by atoms with Crippen LogP contribution in [0.3, 0.4) is 0 Å². The van der Waals surface area contributed by atoms with Crippen molar-refractivity contribution in [2.24, 2.45) is 0 Å². The molecule has 0 heterocycles. The summed E-state index contributed by atoms with van der Waals surface area (Å²) in [7, 11) is 4.13. The highest BCUT2D eigenvalue weighted by Gasteiger charge is 2.01. The van der Waals surface area contributed by atoms with Crippen LogP contribution in [0.4, 0.5) is 0 Å². The van der Waals surface area contributed by atoms with Crippen molar-refractivity contribution in [2.75, 3.05) is 27.2 Å². The van der Waals surface area contributed by atoms with Crippen LogP contribution in [0, 0.1) is 6.92 Å². The summed E-state index contributed by atoms with van der Waals surface area (Å²) in [5.74, 6) is 0. The molecule has 0 radical (unpaired) electrons. The van der Waals surface area contributed by atoms with E-state index in [-0.39, 0.29) is 0 Å². The number of nitrogens with zero attached hydrogens (tertiary/aromatic N) is 1. The summed E-state index contributed by atoms with van der Waals surface area (Å²) in [5.41, 5.74) is 2.67. The molecule has 0 atom stereocenters. The maximum Gasteiger partial charge on any atom is 0.0231 e. The van der Waals surface area contributed by atoms with E-state index >= 15 is 0 Å². The highest BCUT2D eigenvalue weighted by molar-refractivity contribution is 9.10. The van der Waals surface area contributed by atoms with E-state index in [9.17, 15) is 0 Å². The molecule has 1 aromatic rings. The summed E-state index contributed by atoms with van der Waals surface area (Å²) in [5, 5.41) is 3.16. The highest BCUT2D eigenvalue weighted by atomic mass is 79.9. The molecule has 0 aliphatic carbocycles. The molecule has 15 heavy (non-hydrogen) atoms. The molecular weight excluding hydrogens is 252 g/mol. The van der Waals surface area contributed by atoms with E-state index in [1.807, 2.05) is 7.05 Å². The van der Waals surface area contributed by atoms with Crippen LogP contribution < -0.4 is 5.32 Å². The van der Waals surface area contributed by atoms with Crippen molar-refractivity contribution >= 4 is 15.9 Å². The Hall–Kier alpha value is -0.380. The van der Waals surface area contributed by atoms with Crippen molar-refractivity contribution in [1.82, 2.24) is 10.2 Å². The lowest BCUT2D eigenvalue weighted by Crippen LogP contribution is -2.26. The average molecular weight is 271 g/mol. The number of benzene rings is 1. The zero-order valence-corrected chi connectivity index (χ0v) is 11.3. The molecule has 1 aromatic carbocycles. The zero-order chi connectivity index (χ0) is 11.3. The Bertz CT molecular complexity index is 292. The fourth-order valence-electron chi connectivity index (χ4n) is 1.60. The van der Waals surface area contributed by atoms with Gasteiger partial charge in [-0.05, 0) is 44.3 Å². The number of rotatable bonds is 5. The zero-order valence-electron chi connectivity index (χ0n) is 9.68. The highest BCUT2D eigenvalue weighted by Crippen LogP contribution is 2.16. The second-order valence-corrected chi connectivity index (χ2v) is 4.89. The van der Waals surface area contributed by atoms with Crippen LogP contribution in [0.2, 0.25) is 0 Å². The Balaban J connectivity index is 2.56. The molecule has 0 amide bonds. The molecule has 84 valence electrons. The van der Waals surface area contributed by atoms with Crippen molar-refractivity contribution in [2.45, 2.75) is 13.5 Å². The van der Waals surface area contributed by atoms with Gasteiger partial charge in [0.1, 0.15) is 0 Å². The summed E-state index contributed by atoms with van der Waals surface area (Å²) < 4.78 is 1.17. The normalized spacial score (nSPS) is 11.0. The Kier molecular flexibility index (Phi) is 5.29. The first-order valence-electron chi connectivity index (χ1n) is 5.21. The van der Waals surface area contributed by atoms with Crippen LogP contribution >= 0.6 is 15.9 Å². The van der Waals surface area contributed by atoms with Gasteiger partial charge in [-0.25, -0.2) is 0 Å². The first-order valence-corrected chi connectivity index (χ1v) is 6.00. The molecule has 1 rings (SSSR count). The Morgan fingerprint density at radius 1 is 1.33 bits per heavy atom. The molecule has 0 saturated heterocycles. The Morgan fingerprint density at radius 2 is 2.07 bits per heavy atom. The fourth-order valence-corrected chi connectivity index (χ4v) is 2.25. The Labute approximate surface area is 101 Å². The summed E-state index contributed by atoms with van der Waals surface area (Å²) >= 11 is 3.52. The van der Waals surface area contributed by atoms with E-state index < -0.39 is 0 Å². The topological polar surface area (TPSA) is 15.3 Å². The SMILES string of the molecule is CNCCN(C)Cc1cc(C)cc(Br)c1. The lowest BCUT2D eigenvalue weighted by molar-refractivity contribution is 0.328. The van der Waals surface area contributed by atoms with Crippen LogP contribution in [-0.4, -0.2) is 32.1 Å². The third-order valence-corrected chi connectivity index (χ3v) is 2.76. The van der Waals surface area contributed by atoms with Crippen molar-refractivity contribution in [1.29, 1.82) is 0 Å². The smallest absolute Gasteiger partial charge is 0.0231 e. The van der Waals surface area contributed by atoms with Gasteiger partial charge in [0.25, 0.3) is 0 Å². The third-order valence-electron chi connectivity index (χ3n) is 2.30. The van der Waals surface area contributed by atoms with Crippen LogP contribution in [0.15, 0.2) is 22.7 Å². The molecule has 3 heteroatoms. The van der Waals surface area contributed by atoms with E-state index in [0.717, 1.165) is 19.6 Å². The number of likely N-dealkylation sites (N-methyl/N-ethyl adjacent to an activating group) is 2. The number of hydrogen-bond acceptors (Lipinski definition) is 2. The summed E-state index contributed by atoms with van der Waals surface area (Å²) in [6.45, 7) is 5.23. The van der Waals surface area contributed by atoms with Gasteiger partial charge in [-0.1, -0.05) is 22.0 Å². The van der Waals surface area contributed by atoms with Crippen molar-refractivity contribution in [3.05, 3.63) is 33.8 Å². The molecule has 1 N–H and O–H groups in total. The van der Waals surface area contributed by atoms with E-state index in [2.05, 4.69) is 58.3 Å². The lowest BCUT2D eigenvalue weighted by Gasteiger charge is -2.16. The molecule has 0 fully saturated rings. The van der Waals surface area contributed by atoms with Crippen molar-refractivity contribution in [3.8, 4) is 0 Å². The molecule has 0 spiro atoms. The maximum absolute atomic E-state index is 3.52. The number of halogens is 1. The van der Waals surface area contributed by atoms with Gasteiger partial charge in [0.2, 0.25) is 0 Å². The quantitative estimate of drug-likeness (QED) is 0.884. The largest absolute Gasteiger partial charge is 0.318 e. The fraction of sp³-hybridized carbons (Fsp3) is 0.500. The van der Waals surface area contributed by atoms with Crippen LogP contribution in [0.5, 0.6) is 0 Å². The van der Waals surface area contributed by atoms with E-state index in [1.165, 1.54) is 15.6 Å². The number of nitrogens with one attached hydrogen (secondary N) is 1. The van der Waals surface area contributed by atoms with Gasteiger partial charge in [-0.15, -0.1) is 0 Å². The van der Waals surface area contributed by atoms with Crippen LogP contribution in [0.25, 0.3) is 0 Å². The minimum absolute atomic E-state index is 1.00. The van der Waals surface area contributed by atoms with Gasteiger partial charge in [-0.2, -0.15) is 0 Å². The standard InChI is InChI=1S/C12H19BrN2/c1-10-6-11(8-12(13)7-10)9-15(3)5-4-14-2/h6-8,14H,4-5,9H2,1-3H3. The molecule has 0 unspecified atom stereocenters. The molecule has 0 aliphatic heterocycles. The number of hydrogen-bond donors (Lipinski definition) is 1. The Morgan fingerprint density at radius 3 is 2.67 bits per heavy atom. The number of aryl methyl sites for hydroxylation is 1. The molecule has 2 nitrogen and oxygen atoms in total. The summed E-state index contributed by atoms with van der Waals surface area (Å²) in [6, 6.07) is 6.56. The van der Waals surface area contributed by atoms with Crippen molar-refractivity contribution < 1.29 is 0 Å². The monoisotopic (exact) mass is 270 g/mol. The average Bonchev–Trinajstić information content (AvgIpc) is 2.13. The molecule has 0 aliphatic rings. The summed E-state index contributed by atoms with van der Waals surface area (Å²) in [6.07, 6.45) is 0. The van der Waals surface area contributed by atoms with Gasteiger partial charge in [-0.3, -0.25) is 0 Å². The molecule has 0 bridgehead atoms. The van der Waals surface area contributed by atoms with Crippen LogP contribution in [-0.2, 0) is 6.54 Å². The van der Waals surface area contributed by atoms with Crippen LogP contribution in [0.1, 0.15) is 11.1 Å². The third kappa shape index (κ3) is 4.78. The van der Waals surface area contributed by atoms with Gasteiger partial charge in [0, 0.05) is 24.1 Å². The van der Waals surface area contributed by atoms with E-state index in [4.69, 9.17) is 0 Å². The molecule has 0 aromatic heterocycles. The summed E-state index contributed by atoms with van der Waals surface area (Å²) in [4.78, 5) is 2.32. The molecular formula is C12H19BrN2. The van der Waals surface area contributed by atoms with Gasteiger partial charge >= 0.3 is 0 Å². The second-order valence-electron chi connectivity index (χ2n) is 3.98.